The molecule has 2 N–H and O–H groups in total. The average Bonchev–Trinajstić information content (AvgIpc) is 2.69. The van der Waals surface area contributed by atoms with E-state index in [9.17, 15) is 14.0 Å². The van der Waals surface area contributed by atoms with Crippen LogP contribution in [0.3, 0.4) is 0 Å². The highest BCUT2D eigenvalue weighted by atomic mass is 19.1. The molecule has 0 saturated heterocycles. The fourth-order valence-electron chi connectivity index (χ4n) is 2.23. The Labute approximate surface area is 149 Å². The third kappa shape index (κ3) is 4.27. The summed E-state index contributed by atoms with van der Waals surface area (Å²) in [6.45, 7) is 0.334. The molecule has 0 atom stereocenters. The summed E-state index contributed by atoms with van der Waals surface area (Å²) in [6.07, 6.45) is 4.63. The third-order valence-electron chi connectivity index (χ3n) is 3.58. The fraction of sp³-hybridized carbons (Fsp3) is 0.0526. The van der Waals surface area contributed by atoms with Gasteiger partial charge in [0.25, 0.3) is 11.8 Å². The van der Waals surface area contributed by atoms with E-state index < -0.39 is 11.7 Å². The number of nitrogens with one attached hydrogen (secondary N) is 2. The van der Waals surface area contributed by atoms with Crippen LogP contribution < -0.4 is 10.6 Å². The molecule has 3 rings (SSSR count). The van der Waals surface area contributed by atoms with Crippen molar-refractivity contribution >= 4 is 17.5 Å². The Hall–Kier alpha value is -3.61. The van der Waals surface area contributed by atoms with Crippen LogP contribution in [-0.2, 0) is 6.54 Å². The molecule has 2 heterocycles. The van der Waals surface area contributed by atoms with E-state index in [1.54, 1.807) is 30.6 Å². The van der Waals surface area contributed by atoms with E-state index in [2.05, 4.69) is 20.6 Å². The van der Waals surface area contributed by atoms with Gasteiger partial charge in [0, 0.05) is 30.7 Å². The summed E-state index contributed by atoms with van der Waals surface area (Å²) in [6, 6.07) is 12.3. The maximum absolute atomic E-state index is 13.6. The predicted octanol–water partition coefficient (Wildman–Crippen LogP) is 2.80. The van der Waals surface area contributed by atoms with E-state index in [1.165, 1.54) is 36.5 Å². The number of benzene rings is 1. The molecule has 0 bridgehead atoms. The third-order valence-corrected chi connectivity index (χ3v) is 3.58. The van der Waals surface area contributed by atoms with Gasteiger partial charge < -0.3 is 10.6 Å². The lowest BCUT2D eigenvalue weighted by Gasteiger charge is -2.08. The van der Waals surface area contributed by atoms with Crippen LogP contribution in [0.4, 0.5) is 10.1 Å². The number of nitrogens with zero attached hydrogens (tertiary/aromatic N) is 2. The van der Waals surface area contributed by atoms with Gasteiger partial charge in [-0.15, -0.1) is 0 Å². The number of aromatic nitrogens is 2. The van der Waals surface area contributed by atoms with Gasteiger partial charge >= 0.3 is 0 Å². The minimum atomic E-state index is -0.598. The zero-order chi connectivity index (χ0) is 18.4. The molecule has 0 aliphatic rings. The van der Waals surface area contributed by atoms with E-state index in [4.69, 9.17) is 0 Å². The molecule has 0 radical (unpaired) electrons. The first-order valence-corrected chi connectivity index (χ1v) is 7.82. The van der Waals surface area contributed by atoms with Gasteiger partial charge in [-0.25, -0.2) is 4.39 Å². The maximum Gasteiger partial charge on any atom is 0.274 e. The van der Waals surface area contributed by atoms with Gasteiger partial charge in [-0.3, -0.25) is 19.6 Å². The van der Waals surface area contributed by atoms with Crippen LogP contribution in [0.15, 0.2) is 67.1 Å². The topological polar surface area (TPSA) is 84.0 Å². The van der Waals surface area contributed by atoms with E-state index in [1.807, 2.05) is 0 Å². The van der Waals surface area contributed by atoms with E-state index in [-0.39, 0.29) is 22.9 Å². The number of para-hydroxylation sites is 1. The second kappa shape index (κ2) is 7.98. The van der Waals surface area contributed by atoms with Crippen LogP contribution in [0.2, 0.25) is 0 Å². The molecule has 0 aliphatic heterocycles. The van der Waals surface area contributed by atoms with E-state index in [0.717, 1.165) is 5.56 Å². The number of hydrogen-bond acceptors (Lipinski definition) is 4. The number of anilines is 1. The summed E-state index contributed by atoms with van der Waals surface area (Å²) in [5.74, 6) is -1.49. The Morgan fingerprint density at radius 3 is 2.50 bits per heavy atom. The van der Waals surface area contributed by atoms with Gasteiger partial charge in [-0.2, -0.15) is 0 Å². The molecule has 26 heavy (non-hydrogen) atoms. The first-order valence-electron chi connectivity index (χ1n) is 7.82. The van der Waals surface area contributed by atoms with Crippen LogP contribution in [0.1, 0.15) is 26.4 Å². The van der Waals surface area contributed by atoms with Gasteiger partial charge in [0.2, 0.25) is 0 Å². The molecule has 2 aromatic heterocycles. The summed E-state index contributed by atoms with van der Waals surface area (Å²) in [4.78, 5) is 32.4. The molecule has 1 aromatic carbocycles. The Morgan fingerprint density at radius 2 is 1.73 bits per heavy atom. The van der Waals surface area contributed by atoms with Crippen molar-refractivity contribution in [3.8, 4) is 0 Å². The average molecular weight is 350 g/mol. The van der Waals surface area contributed by atoms with Gasteiger partial charge in [-0.05, 0) is 42.0 Å². The summed E-state index contributed by atoms with van der Waals surface area (Å²) in [7, 11) is 0. The van der Waals surface area contributed by atoms with Crippen molar-refractivity contribution in [2.75, 3.05) is 5.32 Å². The molecule has 130 valence electrons. The van der Waals surface area contributed by atoms with Gasteiger partial charge in [0.05, 0.1) is 5.69 Å². The zero-order valence-corrected chi connectivity index (χ0v) is 13.6. The van der Waals surface area contributed by atoms with Crippen molar-refractivity contribution in [1.82, 2.24) is 15.3 Å². The largest absolute Gasteiger partial charge is 0.348 e. The lowest BCUT2D eigenvalue weighted by molar-refractivity contribution is 0.0950. The van der Waals surface area contributed by atoms with Crippen LogP contribution in [0.25, 0.3) is 0 Å². The summed E-state index contributed by atoms with van der Waals surface area (Å²) in [5, 5.41) is 5.19. The standard InChI is InChI=1S/C19H15FN4O2/c20-15-3-1-2-4-16(15)24-19(26)17-11-14(7-10-22-17)18(25)23-12-13-5-8-21-9-6-13/h1-11H,12H2,(H,23,25)(H,24,26). The minimum absolute atomic E-state index is 0.0183. The van der Waals surface area contributed by atoms with E-state index >= 15 is 0 Å². The molecule has 2 amide bonds. The number of carbonyl (C=O) groups excluding carboxylic acids is 2. The van der Waals surface area contributed by atoms with Gasteiger partial charge in [0.15, 0.2) is 0 Å². The minimum Gasteiger partial charge on any atom is -0.348 e. The highest BCUT2D eigenvalue weighted by Crippen LogP contribution is 2.14. The Balaban J connectivity index is 1.68. The van der Waals surface area contributed by atoms with Crippen LogP contribution in [0, 0.1) is 5.82 Å². The molecule has 0 aliphatic carbocycles. The number of amides is 2. The number of pyridine rings is 2. The highest BCUT2D eigenvalue weighted by molar-refractivity contribution is 6.04. The summed E-state index contributed by atoms with van der Waals surface area (Å²) in [5.41, 5.74) is 1.25. The van der Waals surface area contributed by atoms with Crippen molar-refractivity contribution in [2.24, 2.45) is 0 Å². The molecule has 7 heteroatoms. The molecular formula is C19H15FN4O2. The molecule has 0 fully saturated rings. The first kappa shape index (κ1) is 17.2. The lowest BCUT2D eigenvalue weighted by atomic mass is 10.2. The summed E-state index contributed by atoms with van der Waals surface area (Å²) >= 11 is 0. The van der Waals surface area contributed by atoms with Crippen LogP contribution in [0.5, 0.6) is 0 Å². The molecule has 0 saturated carbocycles. The number of hydrogen-bond donors (Lipinski definition) is 2. The number of carbonyl (C=O) groups is 2. The zero-order valence-electron chi connectivity index (χ0n) is 13.6. The quantitative estimate of drug-likeness (QED) is 0.741. The Kier molecular flexibility index (Phi) is 5.28. The Morgan fingerprint density at radius 1 is 0.962 bits per heavy atom. The van der Waals surface area contributed by atoms with Crippen molar-refractivity contribution in [1.29, 1.82) is 0 Å². The molecular weight excluding hydrogens is 335 g/mol. The van der Waals surface area contributed by atoms with Crippen LogP contribution >= 0.6 is 0 Å². The normalized spacial score (nSPS) is 10.2. The summed E-state index contributed by atoms with van der Waals surface area (Å²) < 4.78 is 13.6. The van der Waals surface area contributed by atoms with Gasteiger partial charge in [-0.1, -0.05) is 12.1 Å². The maximum atomic E-state index is 13.6. The number of halogens is 1. The van der Waals surface area contributed by atoms with E-state index in [0.29, 0.717) is 6.54 Å². The second-order valence-corrected chi connectivity index (χ2v) is 5.40. The van der Waals surface area contributed by atoms with Crippen molar-refractivity contribution in [3.63, 3.8) is 0 Å². The Bertz CT molecular complexity index is 932. The first-order chi connectivity index (χ1) is 12.6. The monoisotopic (exact) mass is 350 g/mol. The van der Waals surface area contributed by atoms with Crippen molar-refractivity contribution in [3.05, 3.63) is 89.8 Å². The predicted molar refractivity (Wildman–Crippen MR) is 94.0 cm³/mol. The smallest absolute Gasteiger partial charge is 0.274 e. The molecule has 0 unspecified atom stereocenters. The fourth-order valence-corrected chi connectivity index (χ4v) is 2.23. The molecule has 3 aromatic rings. The van der Waals surface area contributed by atoms with Crippen molar-refractivity contribution < 1.29 is 14.0 Å². The molecule has 0 spiro atoms. The van der Waals surface area contributed by atoms with Crippen molar-refractivity contribution in [2.45, 2.75) is 6.54 Å². The SMILES string of the molecule is O=C(NCc1ccncc1)c1ccnc(C(=O)Nc2ccccc2F)c1. The second-order valence-electron chi connectivity index (χ2n) is 5.40. The highest BCUT2D eigenvalue weighted by Gasteiger charge is 2.13. The lowest BCUT2D eigenvalue weighted by Crippen LogP contribution is -2.23. The van der Waals surface area contributed by atoms with Crippen LogP contribution in [-0.4, -0.2) is 21.8 Å². The molecule has 6 nitrogen and oxygen atoms in total. The van der Waals surface area contributed by atoms with Gasteiger partial charge in [0.1, 0.15) is 11.5 Å². The number of rotatable bonds is 5.